The monoisotopic (exact) mass is 672 g/mol. The average Bonchev–Trinajstić information content (AvgIpc) is 3.77. The molecule has 236 valence electrons. The van der Waals surface area contributed by atoms with Crippen molar-refractivity contribution in [3.05, 3.63) is 181 Å². The van der Waals surface area contributed by atoms with Crippen molar-refractivity contribution >= 4 is 74.2 Å². The van der Waals surface area contributed by atoms with Gasteiger partial charge in [0.15, 0.2) is 0 Å². The molecule has 2 heterocycles. The van der Waals surface area contributed by atoms with E-state index < -0.39 is 0 Å². The Morgan fingerprint density at radius 1 is 0.380 bits per heavy atom. The highest BCUT2D eigenvalue weighted by molar-refractivity contribution is 7.26. The molecule has 0 aliphatic heterocycles. The molecule has 10 rings (SSSR count). The molecule has 0 amide bonds. The van der Waals surface area contributed by atoms with Crippen LogP contribution in [0.25, 0.3) is 84.9 Å². The first-order chi connectivity index (χ1) is 24.8. The van der Waals surface area contributed by atoms with E-state index in [1.54, 1.807) is 0 Å². The Hall–Kier alpha value is -5.54. The maximum atomic E-state index is 2.45. The van der Waals surface area contributed by atoms with Gasteiger partial charge in [0.1, 0.15) is 0 Å². The first-order valence-corrected chi connectivity index (χ1v) is 18.9. The van der Waals surface area contributed by atoms with E-state index in [1.165, 1.54) is 96.0 Å². The summed E-state index contributed by atoms with van der Waals surface area (Å²) < 4.78 is 5.41. The normalized spacial score (nSPS) is 13.3. The van der Waals surface area contributed by atoms with Gasteiger partial charge in [-0.15, -0.1) is 22.7 Å². The zero-order valence-electron chi connectivity index (χ0n) is 27.4. The number of allylic oxidation sites excluding steroid dienone is 4. The average molecular weight is 673 g/mol. The molecule has 50 heavy (non-hydrogen) atoms. The highest BCUT2D eigenvalue weighted by Gasteiger charge is 2.17. The van der Waals surface area contributed by atoms with Gasteiger partial charge < -0.3 is 0 Å². The smallest absolute Gasteiger partial charge is 0.0433 e. The van der Waals surface area contributed by atoms with Gasteiger partial charge in [-0.1, -0.05) is 133 Å². The van der Waals surface area contributed by atoms with Gasteiger partial charge in [0, 0.05) is 40.3 Å². The van der Waals surface area contributed by atoms with E-state index in [-0.39, 0.29) is 0 Å². The summed E-state index contributed by atoms with van der Waals surface area (Å²) in [6.07, 6.45) is 6.94. The van der Waals surface area contributed by atoms with Gasteiger partial charge in [0.25, 0.3) is 0 Å². The third kappa shape index (κ3) is 5.03. The summed E-state index contributed by atoms with van der Waals surface area (Å²) in [7, 11) is 0. The van der Waals surface area contributed by atoms with Gasteiger partial charge in [-0.25, -0.2) is 0 Å². The molecule has 0 nitrogen and oxygen atoms in total. The topological polar surface area (TPSA) is 0 Å². The van der Waals surface area contributed by atoms with Gasteiger partial charge in [0.05, 0.1) is 0 Å². The van der Waals surface area contributed by atoms with Crippen LogP contribution in [-0.4, -0.2) is 0 Å². The van der Waals surface area contributed by atoms with E-state index in [0.29, 0.717) is 0 Å². The predicted molar refractivity (Wildman–Crippen MR) is 220 cm³/mol. The number of fused-ring (bicyclic) bond motifs is 6. The molecular formula is C48H32S2. The molecule has 0 unspecified atom stereocenters. The van der Waals surface area contributed by atoms with Crippen LogP contribution in [0.1, 0.15) is 24.0 Å². The van der Waals surface area contributed by atoms with Gasteiger partial charge in [-0.2, -0.15) is 0 Å². The second-order valence-electron chi connectivity index (χ2n) is 13.2. The van der Waals surface area contributed by atoms with Crippen molar-refractivity contribution in [2.45, 2.75) is 12.8 Å². The van der Waals surface area contributed by atoms with Crippen LogP contribution < -0.4 is 0 Å². The van der Waals surface area contributed by atoms with Gasteiger partial charge >= 0.3 is 0 Å². The van der Waals surface area contributed by atoms with Crippen LogP contribution in [0, 0.1) is 0 Å². The second-order valence-corrected chi connectivity index (χ2v) is 15.3. The van der Waals surface area contributed by atoms with Crippen molar-refractivity contribution in [3.63, 3.8) is 0 Å². The molecule has 0 bridgehead atoms. The molecule has 0 atom stereocenters. The molecule has 1 aliphatic carbocycles. The SMILES string of the molecule is C1=C(c2cc(-c3ccccc3)cc(-c3cccc(-c4cccc5c4sc4ccccc45)c3)c2)CCC=C1c1cccc2c1sc1ccccc12. The molecule has 7 aromatic carbocycles. The van der Waals surface area contributed by atoms with Gasteiger partial charge in [0.2, 0.25) is 0 Å². The summed E-state index contributed by atoms with van der Waals surface area (Å²) in [5, 5.41) is 5.37. The van der Waals surface area contributed by atoms with Crippen LogP contribution in [-0.2, 0) is 0 Å². The minimum atomic E-state index is 1.03. The van der Waals surface area contributed by atoms with Crippen molar-refractivity contribution < 1.29 is 0 Å². The summed E-state index contributed by atoms with van der Waals surface area (Å²) in [6, 6.07) is 58.3. The standard InChI is InChI=1S/C48H32S2/c1-2-12-31(13-3-1)36-28-37(32-14-8-16-34(26-32)39-20-10-22-43-41-18-4-6-24-45(41)49-47(39)43)30-38(29-36)33-15-9-17-35(27-33)40-21-11-23-44-42-19-5-7-25-46(42)50-48(40)44/h1-8,10-14,16-30H,9,15H2. The largest absolute Gasteiger partial charge is 0.135 e. The quantitative estimate of drug-likeness (QED) is 0.171. The summed E-state index contributed by atoms with van der Waals surface area (Å²) >= 11 is 3.80. The Kier molecular flexibility index (Phi) is 7.11. The maximum Gasteiger partial charge on any atom is 0.0433 e. The molecule has 0 N–H and O–H groups in total. The van der Waals surface area contributed by atoms with Crippen molar-refractivity contribution in [1.82, 2.24) is 0 Å². The lowest BCUT2D eigenvalue weighted by Gasteiger charge is -2.18. The molecule has 9 aromatic rings. The molecule has 0 saturated carbocycles. The highest BCUT2D eigenvalue weighted by atomic mass is 32.1. The van der Waals surface area contributed by atoms with Crippen LogP contribution in [0.15, 0.2) is 170 Å². The minimum Gasteiger partial charge on any atom is -0.135 e. The van der Waals surface area contributed by atoms with Crippen molar-refractivity contribution in [3.8, 4) is 33.4 Å². The second kappa shape index (κ2) is 12.1. The highest BCUT2D eigenvalue weighted by Crippen LogP contribution is 2.43. The zero-order chi connectivity index (χ0) is 33.0. The number of hydrogen-bond donors (Lipinski definition) is 0. The van der Waals surface area contributed by atoms with E-state index >= 15 is 0 Å². The molecular weight excluding hydrogens is 641 g/mol. The predicted octanol–water partition coefficient (Wildman–Crippen LogP) is 14.7. The molecule has 0 saturated heterocycles. The fourth-order valence-corrected chi connectivity index (χ4v) is 10.2. The molecule has 2 heteroatoms. The number of benzene rings is 7. The first kappa shape index (κ1) is 29.4. The Morgan fingerprint density at radius 2 is 0.900 bits per heavy atom. The van der Waals surface area contributed by atoms with Crippen molar-refractivity contribution in [2.24, 2.45) is 0 Å². The Balaban J connectivity index is 1.10. The summed E-state index contributed by atoms with van der Waals surface area (Å²) in [5.74, 6) is 0. The lowest BCUT2D eigenvalue weighted by Crippen LogP contribution is -1.95. The van der Waals surface area contributed by atoms with Crippen LogP contribution in [0.5, 0.6) is 0 Å². The van der Waals surface area contributed by atoms with Gasteiger partial charge in [-0.3, -0.25) is 0 Å². The van der Waals surface area contributed by atoms with Crippen LogP contribution in [0.3, 0.4) is 0 Å². The molecule has 0 fully saturated rings. The number of thiophene rings is 2. The molecule has 0 radical (unpaired) electrons. The Labute approximate surface area is 299 Å². The third-order valence-electron chi connectivity index (χ3n) is 10.1. The van der Waals surface area contributed by atoms with E-state index in [0.717, 1.165) is 12.8 Å². The van der Waals surface area contributed by atoms with Gasteiger partial charge in [-0.05, 0) is 105 Å². The van der Waals surface area contributed by atoms with Crippen molar-refractivity contribution in [1.29, 1.82) is 0 Å². The first-order valence-electron chi connectivity index (χ1n) is 17.3. The molecule has 0 spiro atoms. The Bertz CT molecular complexity index is 2810. The summed E-state index contributed by atoms with van der Waals surface area (Å²) in [5.41, 5.74) is 12.9. The fourth-order valence-electron chi connectivity index (χ4n) is 7.71. The van der Waals surface area contributed by atoms with E-state index in [9.17, 15) is 0 Å². The lowest BCUT2D eigenvalue weighted by molar-refractivity contribution is 1.06. The maximum absolute atomic E-state index is 2.45. The minimum absolute atomic E-state index is 1.03. The van der Waals surface area contributed by atoms with Crippen molar-refractivity contribution in [2.75, 3.05) is 0 Å². The summed E-state index contributed by atoms with van der Waals surface area (Å²) in [4.78, 5) is 0. The van der Waals surface area contributed by atoms with E-state index in [2.05, 4.69) is 170 Å². The van der Waals surface area contributed by atoms with E-state index in [4.69, 9.17) is 0 Å². The van der Waals surface area contributed by atoms with Crippen LogP contribution >= 0.6 is 22.7 Å². The fraction of sp³-hybridized carbons (Fsp3) is 0.0417. The Morgan fingerprint density at radius 3 is 1.64 bits per heavy atom. The number of rotatable bonds is 5. The zero-order valence-corrected chi connectivity index (χ0v) is 29.0. The van der Waals surface area contributed by atoms with Crippen LogP contribution in [0.4, 0.5) is 0 Å². The third-order valence-corrected chi connectivity index (χ3v) is 12.6. The van der Waals surface area contributed by atoms with E-state index in [1.807, 2.05) is 22.7 Å². The molecule has 2 aromatic heterocycles. The number of hydrogen-bond acceptors (Lipinski definition) is 2. The molecule has 1 aliphatic rings. The summed E-state index contributed by atoms with van der Waals surface area (Å²) in [6.45, 7) is 0. The van der Waals surface area contributed by atoms with Crippen LogP contribution in [0.2, 0.25) is 0 Å². The lowest BCUT2D eigenvalue weighted by atomic mass is 9.87.